The van der Waals surface area contributed by atoms with Crippen LogP contribution in [0.25, 0.3) is 0 Å². The number of hydrogen-bond acceptors (Lipinski definition) is 5. The minimum atomic E-state index is -1.38. The number of ether oxygens (including phenoxy) is 1. The molecule has 29 heavy (non-hydrogen) atoms. The van der Waals surface area contributed by atoms with Crippen molar-refractivity contribution in [3.63, 3.8) is 0 Å². The van der Waals surface area contributed by atoms with Crippen LogP contribution in [0.3, 0.4) is 0 Å². The predicted octanol–water partition coefficient (Wildman–Crippen LogP) is 2.40. The van der Waals surface area contributed by atoms with E-state index in [-0.39, 0.29) is 5.41 Å². The lowest BCUT2D eigenvalue weighted by Gasteiger charge is -2.40. The van der Waals surface area contributed by atoms with Crippen LogP contribution in [0.2, 0.25) is 0 Å². The van der Waals surface area contributed by atoms with Crippen LogP contribution in [0.4, 0.5) is 0 Å². The third kappa shape index (κ3) is 4.11. The van der Waals surface area contributed by atoms with Crippen LogP contribution in [0.1, 0.15) is 54.7 Å². The van der Waals surface area contributed by atoms with Crippen molar-refractivity contribution >= 4 is 0 Å². The van der Waals surface area contributed by atoms with E-state index in [0.717, 1.165) is 17.5 Å². The van der Waals surface area contributed by atoms with Crippen molar-refractivity contribution in [1.82, 2.24) is 0 Å². The average molecular weight is 401 g/mol. The zero-order valence-corrected chi connectivity index (χ0v) is 17.5. The highest BCUT2D eigenvalue weighted by Gasteiger charge is 2.44. The molecule has 4 N–H and O–H groups in total. The first kappa shape index (κ1) is 21.9. The molecule has 0 aromatic heterocycles. The van der Waals surface area contributed by atoms with Crippen LogP contribution in [-0.2, 0) is 16.6 Å². The Kier molecular flexibility index (Phi) is 6.46. The molecule has 0 unspecified atom stereocenters. The molecule has 158 valence electrons. The number of aryl methyl sites for hydroxylation is 2. The van der Waals surface area contributed by atoms with E-state index in [9.17, 15) is 20.4 Å². The molecule has 0 aliphatic carbocycles. The summed E-state index contributed by atoms with van der Waals surface area (Å²) in [6.45, 7) is 8.07. The molecular weight excluding hydrogens is 368 g/mol. The van der Waals surface area contributed by atoms with Gasteiger partial charge in [0.15, 0.2) is 0 Å². The molecule has 1 fully saturated rings. The van der Waals surface area contributed by atoms with Crippen molar-refractivity contribution in [2.45, 2.75) is 70.1 Å². The summed E-state index contributed by atoms with van der Waals surface area (Å²) in [6, 6.07) is 14.4. The third-order valence-corrected chi connectivity index (χ3v) is 6.24. The van der Waals surface area contributed by atoms with Gasteiger partial charge in [0.2, 0.25) is 0 Å². The molecule has 1 heterocycles. The van der Waals surface area contributed by atoms with Gasteiger partial charge in [-0.25, -0.2) is 0 Å². The second kappa shape index (κ2) is 8.54. The monoisotopic (exact) mass is 400 g/mol. The second-order valence-electron chi connectivity index (χ2n) is 8.50. The van der Waals surface area contributed by atoms with E-state index >= 15 is 0 Å². The predicted molar refractivity (Wildman–Crippen MR) is 112 cm³/mol. The normalized spacial score (nSPS) is 27.8. The van der Waals surface area contributed by atoms with Crippen molar-refractivity contribution in [1.29, 1.82) is 0 Å². The van der Waals surface area contributed by atoms with Gasteiger partial charge in [0.25, 0.3) is 0 Å². The van der Waals surface area contributed by atoms with E-state index in [0.29, 0.717) is 5.56 Å². The van der Waals surface area contributed by atoms with Gasteiger partial charge < -0.3 is 25.2 Å². The SMILES string of the molecule is CCc1ccc(C(C)(C)c2cc([C@@H]3O[C@H](CO)[C@@H](O)[C@H](O)[C@H]3O)ccc2C)cc1. The highest BCUT2D eigenvalue weighted by molar-refractivity contribution is 5.45. The van der Waals surface area contributed by atoms with E-state index in [2.05, 4.69) is 52.0 Å². The van der Waals surface area contributed by atoms with Gasteiger partial charge in [0.1, 0.15) is 30.5 Å². The van der Waals surface area contributed by atoms with E-state index in [4.69, 9.17) is 4.74 Å². The van der Waals surface area contributed by atoms with Gasteiger partial charge in [-0.3, -0.25) is 0 Å². The Hall–Kier alpha value is -1.76. The maximum atomic E-state index is 10.5. The minimum absolute atomic E-state index is 0.277. The molecule has 0 radical (unpaired) electrons. The molecule has 0 saturated carbocycles. The van der Waals surface area contributed by atoms with Crippen LogP contribution >= 0.6 is 0 Å². The standard InChI is InChI=1S/C24H32O5/c1-5-15-7-10-17(11-8-15)24(3,4)18-12-16(9-6-14(18)2)23-22(28)21(27)20(26)19(13-25)29-23/h6-12,19-23,25-28H,5,13H2,1-4H3/t19-,20-,21+,22-,23+/m1/s1. The Morgan fingerprint density at radius 1 is 0.931 bits per heavy atom. The van der Waals surface area contributed by atoms with Gasteiger partial charge in [-0.1, -0.05) is 63.2 Å². The molecular formula is C24H32O5. The van der Waals surface area contributed by atoms with Crippen LogP contribution in [-0.4, -0.2) is 51.4 Å². The summed E-state index contributed by atoms with van der Waals surface area (Å²) in [5.74, 6) is 0. The summed E-state index contributed by atoms with van der Waals surface area (Å²) in [4.78, 5) is 0. The number of hydrogen-bond donors (Lipinski definition) is 4. The summed E-state index contributed by atoms with van der Waals surface area (Å²) in [7, 11) is 0. The number of aliphatic hydroxyl groups excluding tert-OH is 4. The summed E-state index contributed by atoms with van der Waals surface area (Å²) in [5.41, 5.74) is 5.11. The molecule has 2 aromatic carbocycles. The molecule has 5 heteroatoms. The smallest absolute Gasteiger partial charge is 0.113 e. The van der Waals surface area contributed by atoms with Gasteiger partial charge in [-0.05, 0) is 41.2 Å². The molecule has 0 amide bonds. The molecule has 1 aliphatic heterocycles. The summed E-state index contributed by atoms with van der Waals surface area (Å²) >= 11 is 0. The van der Waals surface area contributed by atoms with Crippen molar-refractivity contribution in [2.75, 3.05) is 6.61 Å². The van der Waals surface area contributed by atoms with Crippen LogP contribution in [0.15, 0.2) is 42.5 Å². The lowest BCUT2D eigenvalue weighted by molar-refractivity contribution is -0.231. The van der Waals surface area contributed by atoms with E-state index < -0.39 is 37.1 Å². The average Bonchev–Trinajstić information content (AvgIpc) is 2.73. The Balaban J connectivity index is 1.99. The first-order valence-electron chi connectivity index (χ1n) is 10.2. The maximum absolute atomic E-state index is 10.5. The van der Waals surface area contributed by atoms with Crippen LogP contribution in [0.5, 0.6) is 0 Å². The first-order valence-corrected chi connectivity index (χ1v) is 10.2. The van der Waals surface area contributed by atoms with Gasteiger partial charge in [0, 0.05) is 5.41 Å². The van der Waals surface area contributed by atoms with Crippen LogP contribution < -0.4 is 0 Å². The van der Waals surface area contributed by atoms with Crippen molar-refractivity contribution in [3.05, 3.63) is 70.3 Å². The summed E-state index contributed by atoms with van der Waals surface area (Å²) in [5, 5.41) is 40.2. The van der Waals surface area contributed by atoms with Gasteiger partial charge in [0.05, 0.1) is 6.61 Å². The number of aliphatic hydroxyl groups is 4. The van der Waals surface area contributed by atoms with Gasteiger partial charge in [-0.2, -0.15) is 0 Å². The topological polar surface area (TPSA) is 90.2 Å². The second-order valence-corrected chi connectivity index (χ2v) is 8.50. The molecule has 2 aromatic rings. The Morgan fingerprint density at radius 2 is 1.59 bits per heavy atom. The van der Waals surface area contributed by atoms with Crippen LogP contribution in [0, 0.1) is 6.92 Å². The zero-order valence-electron chi connectivity index (χ0n) is 17.5. The summed E-state index contributed by atoms with van der Waals surface area (Å²) in [6.07, 6.45) is -4.78. The molecule has 3 rings (SSSR count). The molecule has 5 atom stereocenters. The lowest BCUT2D eigenvalue weighted by Crippen LogP contribution is -2.55. The molecule has 0 spiro atoms. The first-order chi connectivity index (χ1) is 13.7. The van der Waals surface area contributed by atoms with Crippen molar-refractivity contribution in [3.8, 4) is 0 Å². The molecule has 0 bridgehead atoms. The number of benzene rings is 2. The van der Waals surface area contributed by atoms with E-state index in [1.54, 1.807) is 0 Å². The van der Waals surface area contributed by atoms with Gasteiger partial charge >= 0.3 is 0 Å². The summed E-state index contributed by atoms with van der Waals surface area (Å²) < 4.78 is 5.75. The highest BCUT2D eigenvalue weighted by Crippen LogP contribution is 2.38. The lowest BCUT2D eigenvalue weighted by atomic mass is 9.75. The molecule has 1 saturated heterocycles. The fourth-order valence-electron chi connectivity index (χ4n) is 4.18. The molecule has 1 aliphatic rings. The fourth-order valence-corrected chi connectivity index (χ4v) is 4.18. The van der Waals surface area contributed by atoms with Crippen molar-refractivity contribution in [2.24, 2.45) is 0 Å². The Bertz CT molecular complexity index is 828. The van der Waals surface area contributed by atoms with Gasteiger partial charge in [-0.15, -0.1) is 0 Å². The minimum Gasteiger partial charge on any atom is -0.394 e. The van der Waals surface area contributed by atoms with Crippen molar-refractivity contribution < 1.29 is 25.2 Å². The quantitative estimate of drug-likeness (QED) is 0.619. The largest absolute Gasteiger partial charge is 0.394 e. The maximum Gasteiger partial charge on any atom is 0.113 e. The number of rotatable bonds is 5. The Morgan fingerprint density at radius 3 is 2.17 bits per heavy atom. The highest BCUT2D eigenvalue weighted by atomic mass is 16.5. The van der Waals surface area contributed by atoms with E-state index in [1.807, 2.05) is 18.2 Å². The molecule has 5 nitrogen and oxygen atoms in total. The zero-order chi connectivity index (χ0) is 21.3. The fraction of sp³-hybridized carbons (Fsp3) is 0.500. The third-order valence-electron chi connectivity index (χ3n) is 6.24. The Labute approximate surface area is 172 Å². The van der Waals surface area contributed by atoms with E-state index in [1.165, 1.54) is 11.1 Å².